The van der Waals surface area contributed by atoms with E-state index in [0.29, 0.717) is 6.04 Å². The Bertz CT molecular complexity index is 501. The van der Waals surface area contributed by atoms with Crippen LogP contribution < -0.4 is 5.32 Å². The van der Waals surface area contributed by atoms with E-state index in [9.17, 15) is 0 Å². The fourth-order valence-electron chi connectivity index (χ4n) is 2.66. The molecule has 3 nitrogen and oxygen atoms in total. The normalized spacial score (nSPS) is 22.7. The van der Waals surface area contributed by atoms with Crippen LogP contribution in [0.25, 0.3) is 0 Å². The standard InChI is InChI=1S/C15H18N2O/c1-11-4-2-3-5-15(11)12-8-13(9-12)16-10-14-6-7-17-18-14/h2-7,12-13,16H,8-10H2,1H3. The van der Waals surface area contributed by atoms with Gasteiger partial charge in [-0.1, -0.05) is 29.4 Å². The summed E-state index contributed by atoms with van der Waals surface area (Å²) < 4.78 is 5.07. The Balaban J connectivity index is 1.50. The van der Waals surface area contributed by atoms with E-state index in [1.807, 2.05) is 6.07 Å². The number of hydrogen-bond acceptors (Lipinski definition) is 3. The summed E-state index contributed by atoms with van der Waals surface area (Å²) in [6, 6.07) is 11.2. The van der Waals surface area contributed by atoms with Crippen molar-refractivity contribution in [1.29, 1.82) is 0 Å². The number of benzene rings is 1. The molecule has 18 heavy (non-hydrogen) atoms. The summed E-state index contributed by atoms with van der Waals surface area (Å²) in [5.74, 6) is 1.63. The van der Waals surface area contributed by atoms with Gasteiger partial charge in [0.15, 0.2) is 0 Å². The van der Waals surface area contributed by atoms with Gasteiger partial charge < -0.3 is 9.84 Å². The predicted molar refractivity (Wildman–Crippen MR) is 70.3 cm³/mol. The molecule has 1 heterocycles. The van der Waals surface area contributed by atoms with Crippen molar-refractivity contribution in [2.75, 3.05) is 0 Å². The molecule has 0 spiro atoms. The van der Waals surface area contributed by atoms with E-state index >= 15 is 0 Å². The van der Waals surface area contributed by atoms with Gasteiger partial charge in [-0.15, -0.1) is 0 Å². The molecular formula is C15H18N2O. The molecule has 0 radical (unpaired) electrons. The first-order chi connectivity index (χ1) is 8.83. The number of aryl methyl sites for hydroxylation is 1. The van der Waals surface area contributed by atoms with Crippen molar-refractivity contribution in [1.82, 2.24) is 10.5 Å². The van der Waals surface area contributed by atoms with E-state index < -0.39 is 0 Å². The van der Waals surface area contributed by atoms with Gasteiger partial charge in [-0.3, -0.25) is 0 Å². The lowest BCUT2D eigenvalue weighted by molar-refractivity contribution is 0.273. The quantitative estimate of drug-likeness (QED) is 0.895. The van der Waals surface area contributed by atoms with Crippen LogP contribution in [-0.2, 0) is 6.54 Å². The molecule has 2 aromatic rings. The zero-order valence-electron chi connectivity index (χ0n) is 10.6. The SMILES string of the molecule is Cc1ccccc1C1CC(NCc2ccno2)C1. The molecule has 1 N–H and O–H groups in total. The van der Waals surface area contributed by atoms with Crippen LogP contribution in [0, 0.1) is 6.92 Å². The van der Waals surface area contributed by atoms with E-state index in [-0.39, 0.29) is 0 Å². The molecule has 1 fully saturated rings. The molecule has 94 valence electrons. The number of hydrogen-bond donors (Lipinski definition) is 1. The Kier molecular flexibility index (Phi) is 3.15. The Labute approximate surface area is 107 Å². The smallest absolute Gasteiger partial charge is 0.150 e. The third kappa shape index (κ3) is 2.31. The molecule has 0 saturated heterocycles. The van der Waals surface area contributed by atoms with E-state index in [4.69, 9.17) is 4.52 Å². The molecular weight excluding hydrogens is 224 g/mol. The molecule has 0 bridgehead atoms. The fraction of sp³-hybridized carbons (Fsp3) is 0.400. The molecule has 1 aromatic heterocycles. The minimum absolute atomic E-state index is 0.611. The van der Waals surface area contributed by atoms with Crippen molar-refractivity contribution < 1.29 is 4.52 Å². The Morgan fingerprint density at radius 3 is 2.83 bits per heavy atom. The highest BCUT2D eigenvalue weighted by molar-refractivity contribution is 5.31. The molecule has 1 aromatic carbocycles. The third-order valence-electron chi connectivity index (χ3n) is 3.82. The van der Waals surface area contributed by atoms with Gasteiger partial charge in [0.2, 0.25) is 0 Å². The first-order valence-electron chi connectivity index (χ1n) is 6.51. The van der Waals surface area contributed by atoms with Crippen LogP contribution in [0.2, 0.25) is 0 Å². The van der Waals surface area contributed by atoms with Crippen molar-refractivity contribution in [2.45, 2.75) is 38.3 Å². The Hall–Kier alpha value is -1.61. The number of aromatic nitrogens is 1. The van der Waals surface area contributed by atoms with Gasteiger partial charge in [-0.2, -0.15) is 0 Å². The lowest BCUT2D eigenvalue weighted by Crippen LogP contribution is -2.39. The second-order valence-electron chi connectivity index (χ2n) is 5.08. The van der Waals surface area contributed by atoms with Crippen molar-refractivity contribution in [2.24, 2.45) is 0 Å². The lowest BCUT2D eigenvalue weighted by Gasteiger charge is -2.37. The van der Waals surface area contributed by atoms with Crippen LogP contribution in [0.1, 0.15) is 35.6 Å². The van der Waals surface area contributed by atoms with Gasteiger partial charge in [-0.05, 0) is 36.8 Å². The van der Waals surface area contributed by atoms with Crippen molar-refractivity contribution in [3.05, 3.63) is 53.4 Å². The van der Waals surface area contributed by atoms with Gasteiger partial charge in [-0.25, -0.2) is 0 Å². The average molecular weight is 242 g/mol. The summed E-state index contributed by atoms with van der Waals surface area (Å²) in [7, 11) is 0. The molecule has 0 unspecified atom stereocenters. The summed E-state index contributed by atoms with van der Waals surface area (Å²) in [4.78, 5) is 0. The third-order valence-corrected chi connectivity index (χ3v) is 3.82. The van der Waals surface area contributed by atoms with Crippen molar-refractivity contribution in [3.8, 4) is 0 Å². The van der Waals surface area contributed by atoms with Crippen LogP contribution in [0.3, 0.4) is 0 Å². The van der Waals surface area contributed by atoms with Crippen LogP contribution >= 0.6 is 0 Å². The largest absolute Gasteiger partial charge is 0.360 e. The van der Waals surface area contributed by atoms with Gasteiger partial charge in [0.1, 0.15) is 5.76 Å². The molecule has 3 heteroatoms. The van der Waals surface area contributed by atoms with Crippen LogP contribution in [0.5, 0.6) is 0 Å². The summed E-state index contributed by atoms with van der Waals surface area (Å²) in [6.07, 6.45) is 4.13. The first kappa shape index (κ1) is 11.5. The molecule has 1 aliphatic rings. The summed E-state index contributed by atoms with van der Waals surface area (Å²) in [5.41, 5.74) is 2.92. The molecule has 0 atom stereocenters. The average Bonchev–Trinajstić information content (AvgIpc) is 2.82. The minimum atomic E-state index is 0.611. The zero-order chi connectivity index (χ0) is 12.4. The fourth-order valence-corrected chi connectivity index (χ4v) is 2.66. The summed E-state index contributed by atoms with van der Waals surface area (Å²) in [5, 5.41) is 7.21. The van der Waals surface area contributed by atoms with Crippen LogP contribution in [0.15, 0.2) is 41.1 Å². The summed E-state index contributed by atoms with van der Waals surface area (Å²) in [6.45, 7) is 2.98. The number of nitrogens with one attached hydrogen (secondary N) is 1. The summed E-state index contributed by atoms with van der Waals surface area (Å²) >= 11 is 0. The van der Waals surface area contributed by atoms with Crippen LogP contribution in [-0.4, -0.2) is 11.2 Å². The highest BCUT2D eigenvalue weighted by atomic mass is 16.5. The maximum Gasteiger partial charge on any atom is 0.150 e. The maximum atomic E-state index is 5.07. The van der Waals surface area contributed by atoms with E-state index in [1.54, 1.807) is 6.20 Å². The highest BCUT2D eigenvalue weighted by Gasteiger charge is 2.30. The van der Waals surface area contributed by atoms with E-state index in [2.05, 4.69) is 41.7 Å². The molecule has 0 amide bonds. The van der Waals surface area contributed by atoms with E-state index in [0.717, 1.165) is 18.2 Å². The molecule has 3 rings (SSSR count). The lowest BCUT2D eigenvalue weighted by atomic mass is 9.74. The predicted octanol–water partition coefficient (Wildman–Crippen LogP) is 3.02. The van der Waals surface area contributed by atoms with Gasteiger partial charge in [0.25, 0.3) is 0 Å². The maximum absolute atomic E-state index is 5.07. The highest BCUT2D eigenvalue weighted by Crippen LogP contribution is 2.38. The van der Waals surface area contributed by atoms with Crippen molar-refractivity contribution in [3.63, 3.8) is 0 Å². The zero-order valence-corrected chi connectivity index (χ0v) is 10.6. The Morgan fingerprint density at radius 1 is 1.28 bits per heavy atom. The second kappa shape index (κ2) is 4.94. The van der Waals surface area contributed by atoms with E-state index in [1.165, 1.54) is 24.0 Å². The molecule has 1 aliphatic carbocycles. The van der Waals surface area contributed by atoms with Gasteiger partial charge in [0.05, 0.1) is 12.7 Å². The van der Waals surface area contributed by atoms with Crippen molar-refractivity contribution >= 4 is 0 Å². The molecule has 1 saturated carbocycles. The second-order valence-corrected chi connectivity index (χ2v) is 5.08. The molecule has 0 aliphatic heterocycles. The minimum Gasteiger partial charge on any atom is -0.360 e. The van der Waals surface area contributed by atoms with Crippen LogP contribution in [0.4, 0.5) is 0 Å². The van der Waals surface area contributed by atoms with Gasteiger partial charge in [0, 0.05) is 12.1 Å². The first-order valence-corrected chi connectivity index (χ1v) is 6.51. The number of rotatable bonds is 4. The topological polar surface area (TPSA) is 38.1 Å². The number of nitrogens with zero attached hydrogens (tertiary/aromatic N) is 1. The Morgan fingerprint density at radius 2 is 2.11 bits per heavy atom. The monoisotopic (exact) mass is 242 g/mol. The van der Waals surface area contributed by atoms with Gasteiger partial charge >= 0.3 is 0 Å².